The quantitative estimate of drug-likeness (QED) is 0.461. The van der Waals surface area contributed by atoms with Crippen LogP contribution in [0.3, 0.4) is 0 Å². The van der Waals surface area contributed by atoms with Gasteiger partial charge in [-0.1, -0.05) is 61.3 Å². The number of ketones is 1. The number of hydrogen-bond donors (Lipinski definition) is 2. The fourth-order valence-electron chi connectivity index (χ4n) is 3.25. The minimum atomic E-state index is -1.14. The third kappa shape index (κ3) is 5.63. The molecule has 1 aromatic heterocycles. The molecule has 2 N–H and O–H groups in total. The Bertz CT molecular complexity index is 983. The Hall–Kier alpha value is -3.22. The lowest BCUT2D eigenvalue weighted by molar-refractivity contribution is -0.118. The summed E-state index contributed by atoms with van der Waals surface area (Å²) in [4.78, 5) is 27.0. The second-order valence-corrected chi connectivity index (χ2v) is 7.01. The SMILES string of the molecule is CCC(=O)CCCCC[C@H](NC(=O)O)c1nc(-c2ccc3ccccc3c2)no1. The van der Waals surface area contributed by atoms with E-state index in [4.69, 9.17) is 9.63 Å². The first-order chi connectivity index (χ1) is 14.1. The summed E-state index contributed by atoms with van der Waals surface area (Å²) < 4.78 is 5.37. The molecule has 0 aliphatic rings. The second kappa shape index (κ2) is 9.82. The van der Waals surface area contributed by atoms with Gasteiger partial charge < -0.3 is 14.9 Å². The Morgan fingerprint density at radius 1 is 1.10 bits per heavy atom. The highest BCUT2D eigenvalue weighted by atomic mass is 16.5. The van der Waals surface area contributed by atoms with Crippen LogP contribution < -0.4 is 5.32 Å². The van der Waals surface area contributed by atoms with Crippen molar-refractivity contribution in [2.45, 2.75) is 51.5 Å². The van der Waals surface area contributed by atoms with Gasteiger partial charge in [0.2, 0.25) is 11.7 Å². The van der Waals surface area contributed by atoms with Gasteiger partial charge in [0, 0.05) is 18.4 Å². The van der Waals surface area contributed by atoms with Crippen LogP contribution in [0, 0.1) is 0 Å². The number of fused-ring (bicyclic) bond motifs is 1. The monoisotopic (exact) mass is 395 g/mol. The molecule has 2 aromatic carbocycles. The zero-order chi connectivity index (χ0) is 20.6. The van der Waals surface area contributed by atoms with Crippen LogP contribution in [0.1, 0.15) is 57.4 Å². The normalized spacial score (nSPS) is 12.0. The van der Waals surface area contributed by atoms with Crippen LogP contribution in [0.15, 0.2) is 47.0 Å². The summed E-state index contributed by atoms with van der Waals surface area (Å²) in [5.41, 5.74) is 0.811. The van der Waals surface area contributed by atoms with Crippen molar-refractivity contribution < 1.29 is 19.2 Å². The van der Waals surface area contributed by atoms with E-state index in [1.54, 1.807) is 0 Å². The molecule has 0 bridgehead atoms. The number of rotatable bonds is 10. The van der Waals surface area contributed by atoms with Crippen LogP contribution >= 0.6 is 0 Å². The Balaban J connectivity index is 1.67. The third-order valence-electron chi connectivity index (χ3n) is 4.89. The standard InChI is InChI=1S/C22H25N3O4/c1-2-18(26)10-4-3-5-11-19(23-22(27)28)21-24-20(25-29-21)17-13-12-15-8-6-7-9-16(15)14-17/h6-9,12-14,19,23H,2-5,10-11H2,1H3,(H,27,28)/t19-/m0/s1. The van der Waals surface area contributed by atoms with Gasteiger partial charge in [0.05, 0.1) is 0 Å². The van der Waals surface area contributed by atoms with E-state index in [0.717, 1.165) is 35.6 Å². The lowest BCUT2D eigenvalue weighted by atomic mass is 10.0. The topological polar surface area (TPSA) is 105 Å². The van der Waals surface area contributed by atoms with E-state index in [-0.39, 0.29) is 11.7 Å². The number of carbonyl (C=O) groups is 2. The number of aromatic nitrogens is 2. The van der Waals surface area contributed by atoms with Crippen LogP contribution in [0.5, 0.6) is 0 Å². The summed E-state index contributed by atoms with van der Waals surface area (Å²) in [6.45, 7) is 1.86. The maximum atomic E-state index is 11.4. The van der Waals surface area contributed by atoms with Crippen LogP contribution in [0.4, 0.5) is 4.79 Å². The largest absolute Gasteiger partial charge is 0.465 e. The molecular formula is C22H25N3O4. The summed E-state index contributed by atoms with van der Waals surface area (Å²) in [5, 5.41) is 17.8. The number of nitrogens with one attached hydrogen (secondary N) is 1. The molecule has 0 spiro atoms. The number of hydrogen-bond acceptors (Lipinski definition) is 5. The minimum Gasteiger partial charge on any atom is -0.465 e. The smallest absolute Gasteiger partial charge is 0.405 e. The van der Waals surface area contributed by atoms with Crippen molar-refractivity contribution in [2.75, 3.05) is 0 Å². The summed E-state index contributed by atoms with van der Waals surface area (Å²) in [6, 6.07) is 13.3. The number of nitrogens with zero attached hydrogens (tertiary/aromatic N) is 2. The molecule has 0 radical (unpaired) electrons. The fraction of sp³-hybridized carbons (Fsp3) is 0.364. The van der Waals surface area contributed by atoms with Gasteiger partial charge in [-0.25, -0.2) is 4.79 Å². The van der Waals surface area contributed by atoms with E-state index in [0.29, 0.717) is 25.1 Å². The minimum absolute atomic E-state index is 0.250. The molecular weight excluding hydrogens is 370 g/mol. The van der Waals surface area contributed by atoms with Gasteiger partial charge in [-0.15, -0.1) is 0 Å². The molecule has 1 atom stereocenters. The molecule has 0 aliphatic heterocycles. The Kier molecular flexibility index (Phi) is 6.94. The van der Waals surface area contributed by atoms with Crippen molar-refractivity contribution in [1.29, 1.82) is 0 Å². The summed E-state index contributed by atoms with van der Waals surface area (Å²) in [7, 11) is 0. The number of benzene rings is 2. The average molecular weight is 395 g/mol. The first-order valence-corrected chi connectivity index (χ1v) is 9.90. The van der Waals surface area contributed by atoms with Gasteiger partial charge in [0.15, 0.2) is 0 Å². The highest BCUT2D eigenvalue weighted by Crippen LogP contribution is 2.25. The molecule has 1 heterocycles. The van der Waals surface area contributed by atoms with Gasteiger partial charge in [-0.2, -0.15) is 4.98 Å². The number of amides is 1. The Morgan fingerprint density at radius 2 is 1.90 bits per heavy atom. The molecule has 3 rings (SSSR count). The average Bonchev–Trinajstić information content (AvgIpc) is 3.22. The summed E-state index contributed by atoms with van der Waals surface area (Å²) >= 11 is 0. The number of Topliss-reactive ketones (excluding diaryl/α,β-unsaturated/α-hetero) is 1. The lowest BCUT2D eigenvalue weighted by Crippen LogP contribution is -2.27. The van der Waals surface area contributed by atoms with Gasteiger partial charge in [-0.3, -0.25) is 4.79 Å². The highest BCUT2D eigenvalue weighted by molar-refractivity contribution is 5.86. The van der Waals surface area contributed by atoms with Crippen molar-refractivity contribution in [3.05, 3.63) is 48.4 Å². The summed E-state index contributed by atoms with van der Waals surface area (Å²) in [6.07, 6.45) is 2.93. The molecule has 0 saturated carbocycles. The van der Waals surface area contributed by atoms with Crippen molar-refractivity contribution in [2.24, 2.45) is 0 Å². The number of carboxylic acid groups (broad SMARTS) is 1. The molecule has 0 unspecified atom stereocenters. The van der Waals surface area contributed by atoms with Crippen molar-refractivity contribution in [1.82, 2.24) is 15.5 Å². The van der Waals surface area contributed by atoms with Crippen molar-refractivity contribution in [3.8, 4) is 11.4 Å². The second-order valence-electron chi connectivity index (χ2n) is 7.01. The zero-order valence-corrected chi connectivity index (χ0v) is 16.4. The number of carbonyl (C=O) groups excluding carboxylic acids is 1. The lowest BCUT2D eigenvalue weighted by Gasteiger charge is -2.12. The van der Waals surface area contributed by atoms with E-state index >= 15 is 0 Å². The van der Waals surface area contributed by atoms with Crippen LogP contribution in [-0.4, -0.2) is 27.1 Å². The summed E-state index contributed by atoms with van der Waals surface area (Å²) in [5.74, 6) is 0.929. The van der Waals surface area contributed by atoms with Crippen molar-refractivity contribution in [3.63, 3.8) is 0 Å². The van der Waals surface area contributed by atoms with Gasteiger partial charge in [0.25, 0.3) is 0 Å². The first-order valence-electron chi connectivity index (χ1n) is 9.90. The molecule has 3 aromatic rings. The molecule has 1 amide bonds. The van der Waals surface area contributed by atoms with Gasteiger partial charge in [0.1, 0.15) is 11.8 Å². The van der Waals surface area contributed by atoms with E-state index in [9.17, 15) is 9.59 Å². The fourth-order valence-corrected chi connectivity index (χ4v) is 3.25. The van der Waals surface area contributed by atoms with Crippen LogP contribution in [-0.2, 0) is 4.79 Å². The highest BCUT2D eigenvalue weighted by Gasteiger charge is 2.21. The Morgan fingerprint density at radius 3 is 2.66 bits per heavy atom. The van der Waals surface area contributed by atoms with Crippen molar-refractivity contribution >= 4 is 22.6 Å². The molecule has 0 saturated heterocycles. The van der Waals surface area contributed by atoms with Gasteiger partial charge >= 0.3 is 6.09 Å². The molecule has 29 heavy (non-hydrogen) atoms. The van der Waals surface area contributed by atoms with Crippen LogP contribution in [0.2, 0.25) is 0 Å². The van der Waals surface area contributed by atoms with Gasteiger partial charge in [-0.05, 0) is 29.7 Å². The van der Waals surface area contributed by atoms with Crippen LogP contribution in [0.25, 0.3) is 22.2 Å². The zero-order valence-electron chi connectivity index (χ0n) is 16.4. The van der Waals surface area contributed by atoms with E-state index in [1.165, 1.54) is 0 Å². The maximum Gasteiger partial charge on any atom is 0.405 e. The Labute approximate surface area is 169 Å². The first kappa shape index (κ1) is 20.5. The number of unbranched alkanes of at least 4 members (excludes halogenated alkanes) is 2. The van der Waals surface area contributed by atoms with E-state index < -0.39 is 12.1 Å². The molecule has 152 valence electrons. The maximum absolute atomic E-state index is 11.4. The van der Waals surface area contributed by atoms with E-state index in [2.05, 4.69) is 15.5 Å². The molecule has 0 fully saturated rings. The predicted octanol–water partition coefficient (Wildman–Crippen LogP) is 5.13. The molecule has 0 aliphatic carbocycles. The predicted molar refractivity (Wildman–Crippen MR) is 110 cm³/mol. The van der Waals surface area contributed by atoms with E-state index in [1.807, 2.05) is 49.4 Å². The molecule has 7 nitrogen and oxygen atoms in total. The third-order valence-corrected chi connectivity index (χ3v) is 4.89. The molecule has 7 heteroatoms.